The van der Waals surface area contributed by atoms with E-state index in [1.807, 2.05) is 23.9 Å². The van der Waals surface area contributed by atoms with Crippen LogP contribution in [0.25, 0.3) is 11.0 Å². The molecular formula is C17H19ClIN5O. The summed E-state index contributed by atoms with van der Waals surface area (Å²) in [4.78, 5) is 13.0. The third-order valence-corrected chi connectivity index (χ3v) is 5.28. The topological polar surface area (TPSA) is 78.8 Å². The molecule has 3 heterocycles. The van der Waals surface area contributed by atoms with E-state index in [4.69, 9.17) is 22.1 Å². The smallest absolute Gasteiger partial charge is 0.223 e. The van der Waals surface area contributed by atoms with Crippen LogP contribution in [0, 0.1) is 10.5 Å². The van der Waals surface area contributed by atoms with Gasteiger partial charge in [-0.1, -0.05) is 25.4 Å². The number of pyridine rings is 1. The van der Waals surface area contributed by atoms with Crippen LogP contribution in [0.2, 0.25) is 5.15 Å². The Balaban J connectivity index is 2.11. The molecular weight excluding hydrogens is 453 g/mol. The van der Waals surface area contributed by atoms with E-state index in [1.165, 1.54) is 0 Å². The molecule has 0 saturated heterocycles. The quantitative estimate of drug-likeness (QED) is 0.457. The van der Waals surface area contributed by atoms with Crippen molar-refractivity contribution in [1.82, 2.24) is 19.5 Å². The molecule has 0 spiro atoms. The van der Waals surface area contributed by atoms with Gasteiger partial charge in [0.15, 0.2) is 0 Å². The average Bonchev–Trinajstić information content (AvgIpc) is 2.84. The molecule has 0 amide bonds. The fourth-order valence-corrected chi connectivity index (χ4v) is 4.15. The lowest BCUT2D eigenvalue weighted by Crippen LogP contribution is -2.08. The van der Waals surface area contributed by atoms with Crippen LogP contribution in [0.4, 0.5) is 5.95 Å². The molecule has 0 aliphatic heterocycles. The Morgan fingerprint density at radius 1 is 1.36 bits per heavy atom. The zero-order valence-corrected chi connectivity index (χ0v) is 17.4. The lowest BCUT2D eigenvalue weighted by atomic mass is 10.0. The second-order valence-electron chi connectivity index (χ2n) is 6.15. The van der Waals surface area contributed by atoms with Gasteiger partial charge in [-0.05, 0) is 35.4 Å². The van der Waals surface area contributed by atoms with Gasteiger partial charge in [0.25, 0.3) is 0 Å². The predicted octanol–water partition coefficient (Wildman–Crippen LogP) is 4.16. The molecule has 0 aliphatic carbocycles. The molecule has 0 atom stereocenters. The number of aromatic nitrogens is 4. The van der Waals surface area contributed by atoms with Crippen molar-refractivity contribution in [3.05, 3.63) is 37.9 Å². The summed E-state index contributed by atoms with van der Waals surface area (Å²) in [6.07, 6.45) is 3.87. The van der Waals surface area contributed by atoms with Gasteiger partial charge in [0.05, 0.1) is 24.7 Å². The Bertz CT molecular complexity index is 954. The number of ether oxygens (including phenoxy) is 1. The minimum absolute atomic E-state index is 0.158. The Hall–Kier alpha value is -1.61. The summed E-state index contributed by atoms with van der Waals surface area (Å²) < 4.78 is 8.59. The monoisotopic (exact) mass is 471 g/mol. The highest BCUT2D eigenvalue weighted by atomic mass is 127. The fraction of sp³-hybridized carbons (Fsp3) is 0.353. The number of nitrogen functional groups attached to an aromatic ring is 1. The summed E-state index contributed by atoms with van der Waals surface area (Å²) in [5.41, 5.74) is 9.52. The molecule has 0 fully saturated rings. The largest absolute Gasteiger partial charge is 0.496 e. The number of rotatable bonds is 4. The molecule has 25 heavy (non-hydrogen) atoms. The Labute approximate surface area is 164 Å². The van der Waals surface area contributed by atoms with Crippen LogP contribution in [0.3, 0.4) is 0 Å². The highest BCUT2D eigenvalue weighted by Crippen LogP contribution is 2.32. The molecule has 6 nitrogen and oxygen atoms in total. The molecule has 3 rings (SSSR count). The highest BCUT2D eigenvalue weighted by molar-refractivity contribution is 14.1. The Kier molecular flexibility index (Phi) is 5.06. The van der Waals surface area contributed by atoms with Gasteiger partial charge in [0, 0.05) is 27.1 Å². The first-order chi connectivity index (χ1) is 11.8. The molecule has 3 aromatic heterocycles. The lowest BCUT2D eigenvalue weighted by molar-refractivity contribution is 0.402. The summed E-state index contributed by atoms with van der Waals surface area (Å²) in [5, 5.41) is 1.17. The minimum Gasteiger partial charge on any atom is -0.496 e. The van der Waals surface area contributed by atoms with Crippen molar-refractivity contribution >= 4 is 51.2 Å². The second kappa shape index (κ2) is 6.95. The minimum atomic E-state index is 0.158. The zero-order valence-electron chi connectivity index (χ0n) is 14.5. The number of anilines is 1. The third-order valence-electron chi connectivity index (χ3n) is 4.18. The molecule has 0 unspecified atom stereocenters. The van der Waals surface area contributed by atoms with Gasteiger partial charge in [0.2, 0.25) is 5.95 Å². The maximum Gasteiger partial charge on any atom is 0.223 e. The standard InChI is InChI=1S/C17H19ClIN5O/c1-8(2)10-5-21-12(9(3)14(10)25-4)7-24-6-11(19)13-15(18)22-17(20)23-16(13)24/h5-6,8H,7H2,1-4H3,(H2,20,22,23). The molecule has 0 aromatic carbocycles. The van der Waals surface area contributed by atoms with Crippen LogP contribution in [0.15, 0.2) is 12.4 Å². The van der Waals surface area contributed by atoms with E-state index in [0.717, 1.165) is 31.5 Å². The van der Waals surface area contributed by atoms with Crippen molar-refractivity contribution < 1.29 is 4.74 Å². The van der Waals surface area contributed by atoms with Gasteiger partial charge in [-0.2, -0.15) is 4.98 Å². The zero-order chi connectivity index (χ0) is 18.3. The first kappa shape index (κ1) is 18.2. The van der Waals surface area contributed by atoms with Crippen molar-refractivity contribution in [2.75, 3.05) is 12.8 Å². The summed E-state index contributed by atoms with van der Waals surface area (Å²) >= 11 is 8.46. The van der Waals surface area contributed by atoms with E-state index in [0.29, 0.717) is 23.3 Å². The van der Waals surface area contributed by atoms with Crippen molar-refractivity contribution in [3.63, 3.8) is 0 Å². The molecule has 0 bridgehead atoms. The van der Waals surface area contributed by atoms with E-state index in [9.17, 15) is 0 Å². The molecule has 2 N–H and O–H groups in total. The summed E-state index contributed by atoms with van der Waals surface area (Å²) in [5.74, 6) is 1.39. The van der Waals surface area contributed by atoms with Crippen LogP contribution in [0.1, 0.15) is 36.6 Å². The van der Waals surface area contributed by atoms with Crippen LogP contribution >= 0.6 is 34.2 Å². The number of nitrogens with zero attached hydrogens (tertiary/aromatic N) is 4. The van der Waals surface area contributed by atoms with Gasteiger partial charge in [0.1, 0.15) is 16.5 Å². The molecule has 0 saturated carbocycles. The van der Waals surface area contributed by atoms with E-state index < -0.39 is 0 Å². The lowest BCUT2D eigenvalue weighted by Gasteiger charge is -2.17. The number of nitrogens with two attached hydrogens (primary N) is 1. The van der Waals surface area contributed by atoms with Crippen LogP contribution < -0.4 is 10.5 Å². The van der Waals surface area contributed by atoms with Crippen molar-refractivity contribution in [2.24, 2.45) is 0 Å². The third kappa shape index (κ3) is 3.27. The van der Waals surface area contributed by atoms with Gasteiger partial charge in [-0.15, -0.1) is 0 Å². The van der Waals surface area contributed by atoms with E-state index >= 15 is 0 Å². The molecule has 0 aliphatic rings. The van der Waals surface area contributed by atoms with Crippen molar-refractivity contribution in [3.8, 4) is 5.75 Å². The van der Waals surface area contributed by atoms with Crippen molar-refractivity contribution in [1.29, 1.82) is 0 Å². The fourth-order valence-electron chi connectivity index (χ4n) is 2.89. The number of methoxy groups -OCH3 is 1. The highest BCUT2D eigenvalue weighted by Gasteiger charge is 2.18. The second-order valence-corrected chi connectivity index (χ2v) is 7.67. The first-order valence-corrected chi connectivity index (χ1v) is 9.28. The SMILES string of the molecule is COc1c(C(C)C)cnc(Cn2cc(I)c3c(Cl)nc(N)nc32)c1C. The van der Waals surface area contributed by atoms with Crippen LogP contribution in [0.5, 0.6) is 5.75 Å². The van der Waals surface area contributed by atoms with Gasteiger partial charge in [-0.25, -0.2) is 4.98 Å². The van der Waals surface area contributed by atoms with Gasteiger partial charge in [-0.3, -0.25) is 4.98 Å². The Morgan fingerprint density at radius 2 is 2.08 bits per heavy atom. The average molecular weight is 472 g/mol. The van der Waals surface area contributed by atoms with Crippen LogP contribution in [-0.2, 0) is 6.54 Å². The maximum atomic E-state index is 6.23. The van der Waals surface area contributed by atoms with Crippen LogP contribution in [-0.4, -0.2) is 26.6 Å². The maximum absolute atomic E-state index is 6.23. The summed E-state index contributed by atoms with van der Waals surface area (Å²) in [7, 11) is 1.69. The predicted molar refractivity (Wildman–Crippen MR) is 108 cm³/mol. The summed E-state index contributed by atoms with van der Waals surface area (Å²) in [6, 6.07) is 0. The number of hydrogen-bond acceptors (Lipinski definition) is 5. The normalized spacial score (nSPS) is 11.5. The number of fused-ring (bicyclic) bond motifs is 1. The molecule has 3 aromatic rings. The molecule has 8 heteroatoms. The van der Waals surface area contributed by atoms with Gasteiger partial charge < -0.3 is 15.0 Å². The van der Waals surface area contributed by atoms with Crippen molar-refractivity contribution in [2.45, 2.75) is 33.2 Å². The summed E-state index contributed by atoms with van der Waals surface area (Å²) in [6.45, 7) is 6.83. The van der Waals surface area contributed by atoms with E-state index in [2.05, 4.69) is 51.4 Å². The Morgan fingerprint density at radius 3 is 2.72 bits per heavy atom. The number of hydrogen-bond donors (Lipinski definition) is 1. The van der Waals surface area contributed by atoms with E-state index in [1.54, 1.807) is 7.11 Å². The molecule has 0 radical (unpaired) electrons. The van der Waals surface area contributed by atoms with E-state index in [-0.39, 0.29) is 5.95 Å². The first-order valence-electron chi connectivity index (χ1n) is 7.83. The van der Waals surface area contributed by atoms with Gasteiger partial charge >= 0.3 is 0 Å². The molecule has 132 valence electrons. The number of halogens is 2.